The van der Waals surface area contributed by atoms with Gasteiger partial charge >= 0.3 is 0 Å². The molecule has 1 heterocycles. The van der Waals surface area contributed by atoms with Crippen molar-refractivity contribution >= 4 is 22.4 Å². The van der Waals surface area contributed by atoms with Crippen LogP contribution in [0.2, 0.25) is 0 Å². The van der Waals surface area contributed by atoms with Crippen LogP contribution < -0.4 is 11.1 Å². The summed E-state index contributed by atoms with van der Waals surface area (Å²) in [6, 6.07) is 6.58. The van der Waals surface area contributed by atoms with Gasteiger partial charge in [-0.2, -0.15) is 0 Å². The number of aromatic nitrogens is 2. The van der Waals surface area contributed by atoms with Gasteiger partial charge in [0.15, 0.2) is 0 Å². The largest absolute Gasteiger partial charge is 0.330 e. The topological polar surface area (TPSA) is 80.9 Å². The van der Waals surface area contributed by atoms with Gasteiger partial charge in [0.25, 0.3) is 0 Å². The van der Waals surface area contributed by atoms with Gasteiger partial charge in [-0.05, 0) is 36.9 Å². The third-order valence-electron chi connectivity index (χ3n) is 4.30. The standard InChI is InChI=1S/C16H19FN4OS/c17-13-7-2-1-4-10(13)8-14-20-21-16(23-14)19-15(22)12-6-3-5-11(12)9-18/h1-2,4,7,11-12H,3,5-6,8-9,18H2,(H,19,21,22)/t11-,12-/m1/s1. The van der Waals surface area contributed by atoms with Gasteiger partial charge in [-0.25, -0.2) is 4.39 Å². The molecule has 0 saturated heterocycles. The molecule has 3 rings (SSSR count). The van der Waals surface area contributed by atoms with Crippen LogP contribution >= 0.6 is 11.3 Å². The Bertz CT molecular complexity index is 690. The maximum Gasteiger partial charge on any atom is 0.229 e. The number of nitrogens with zero attached hydrogens (tertiary/aromatic N) is 2. The Kier molecular flexibility index (Phi) is 4.97. The zero-order chi connectivity index (χ0) is 16.2. The van der Waals surface area contributed by atoms with Crippen LogP contribution in [0.1, 0.15) is 29.8 Å². The van der Waals surface area contributed by atoms with E-state index in [4.69, 9.17) is 5.73 Å². The number of hydrogen-bond acceptors (Lipinski definition) is 5. The van der Waals surface area contributed by atoms with Crippen LogP contribution in [0.25, 0.3) is 0 Å². The van der Waals surface area contributed by atoms with E-state index >= 15 is 0 Å². The fraction of sp³-hybridized carbons (Fsp3) is 0.438. The number of nitrogens with one attached hydrogen (secondary N) is 1. The molecular weight excluding hydrogens is 315 g/mol. The molecule has 7 heteroatoms. The molecular formula is C16H19FN4OS. The summed E-state index contributed by atoms with van der Waals surface area (Å²) in [7, 11) is 0. The minimum absolute atomic E-state index is 0.0356. The van der Waals surface area contributed by atoms with Crippen LogP contribution in [0.5, 0.6) is 0 Å². The molecule has 1 aromatic carbocycles. The molecule has 0 unspecified atom stereocenters. The summed E-state index contributed by atoms with van der Waals surface area (Å²) in [5.74, 6) is -0.0868. The molecule has 2 atom stereocenters. The minimum atomic E-state index is -0.259. The fourth-order valence-electron chi connectivity index (χ4n) is 3.04. The molecule has 1 aliphatic carbocycles. The molecule has 23 heavy (non-hydrogen) atoms. The van der Waals surface area contributed by atoms with Gasteiger partial charge in [-0.3, -0.25) is 4.79 Å². The molecule has 1 amide bonds. The normalized spacial score (nSPS) is 20.6. The first-order valence-corrected chi connectivity index (χ1v) is 8.55. The van der Waals surface area contributed by atoms with Crippen molar-refractivity contribution in [1.29, 1.82) is 0 Å². The van der Waals surface area contributed by atoms with Gasteiger partial charge < -0.3 is 11.1 Å². The fourth-order valence-corrected chi connectivity index (χ4v) is 3.81. The van der Waals surface area contributed by atoms with E-state index in [0.717, 1.165) is 19.3 Å². The van der Waals surface area contributed by atoms with Crippen molar-refractivity contribution in [3.63, 3.8) is 0 Å². The van der Waals surface area contributed by atoms with Crippen molar-refractivity contribution in [2.45, 2.75) is 25.7 Å². The molecule has 122 valence electrons. The van der Waals surface area contributed by atoms with Gasteiger partial charge in [0.05, 0.1) is 0 Å². The van der Waals surface area contributed by atoms with E-state index in [1.807, 2.05) is 0 Å². The van der Waals surface area contributed by atoms with Crippen LogP contribution in [0.4, 0.5) is 9.52 Å². The van der Waals surface area contributed by atoms with Gasteiger partial charge in [0.1, 0.15) is 10.8 Å². The van der Waals surface area contributed by atoms with Crippen LogP contribution in [-0.2, 0) is 11.2 Å². The Hall–Kier alpha value is -1.86. The number of nitrogens with two attached hydrogens (primary N) is 1. The lowest BCUT2D eigenvalue weighted by atomic mass is 9.95. The van der Waals surface area contributed by atoms with Gasteiger partial charge in [0, 0.05) is 12.3 Å². The predicted octanol–water partition coefficient (Wildman–Crippen LogP) is 2.58. The van der Waals surface area contributed by atoms with Gasteiger partial charge in [-0.1, -0.05) is 36.0 Å². The second-order valence-electron chi connectivity index (χ2n) is 5.79. The number of rotatable bonds is 5. The van der Waals surface area contributed by atoms with Crippen molar-refractivity contribution in [2.24, 2.45) is 17.6 Å². The number of amides is 1. The summed E-state index contributed by atoms with van der Waals surface area (Å²) < 4.78 is 13.7. The van der Waals surface area contributed by atoms with E-state index in [1.54, 1.807) is 18.2 Å². The van der Waals surface area contributed by atoms with Crippen molar-refractivity contribution in [3.8, 4) is 0 Å². The van der Waals surface area contributed by atoms with E-state index in [2.05, 4.69) is 15.5 Å². The second-order valence-corrected chi connectivity index (χ2v) is 6.85. The second kappa shape index (κ2) is 7.14. The highest BCUT2D eigenvalue weighted by molar-refractivity contribution is 7.15. The molecule has 5 nitrogen and oxygen atoms in total. The maximum absolute atomic E-state index is 13.7. The average molecular weight is 334 g/mol. The maximum atomic E-state index is 13.7. The SMILES string of the molecule is NC[C@H]1CCC[C@H]1C(=O)Nc1nnc(Cc2ccccc2F)s1. The number of halogens is 1. The lowest BCUT2D eigenvalue weighted by Gasteiger charge is -2.15. The molecule has 0 radical (unpaired) electrons. The predicted molar refractivity (Wildman–Crippen MR) is 87.6 cm³/mol. The van der Waals surface area contributed by atoms with Crippen LogP contribution in [0.3, 0.4) is 0 Å². The van der Waals surface area contributed by atoms with Crippen LogP contribution in [0.15, 0.2) is 24.3 Å². The number of benzene rings is 1. The first-order valence-electron chi connectivity index (χ1n) is 7.74. The van der Waals surface area contributed by atoms with Crippen molar-refractivity contribution in [2.75, 3.05) is 11.9 Å². The Morgan fingerprint density at radius 1 is 1.35 bits per heavy atom. The summed E-state index contributed by atoms with van der Waals surface area (Å²) in [5.41, 5.74) is 6.29. The summed E-state index contributed by atoms with van der Waals surface area (Å²) in [4.78, 5) is 12.3. The first-order chi connectivity index (χ1) is 11.2. The summed E-state index contributed by atoms with van der Waals surface area (Å²) in [5, 5.41) is 12.0. The monoisotopic (exact) mass is 334 g/mol. The summed E-state index contributed by atoms with van der Waals surface area (Å²) in [6.45, 7) is 0.534. The number of carbonyl (C=O) groups excluding carboxylic acids is 1. The average Bonchev–Trinajstić information content (AvgIpc) is 3.18. The Morgan fingerprint density at radius 3 is 2.96 bits per heavy atom. The number of hydrogen-bond donors (Lipinski definition) is 2. The third kappa shape index (κ3) is 3.73. The smallest absolute Gasteiger partial charge is 0.229 e. The van der Waals surface area contributed by atoms with E-state index in [-0.39, 0.29) is 23.6 Å². The van der Waals surface area contributed by atoms with Crippen molar-refractivity contribution in [3.05, 3.63) is 40.7 Å². The molecule has 1 aromatic heterocycles. The zero-order valence-electron chi connectivity index (χ0n) is 12.7. The molecule has 0 spiro atoms. The number of anilines is 1. The third-order valence-corrected chi connectivity index (χ3v) is 5.13. The van der Waals surface area contributed by atoms with E-state index < -0.39 is 0 Å². The summed E-state index contributed by atoms with van der Waals surface area (Å²) in [6.07, 6.45) is 3.28. The van der Waals surface area contributed by atoms with Crippen LogP contribution in [0, 0.1) is 17.7 Å². The molecule has 0 aliphatic heterocycles. The molecule has 0 bridgehead atoms. The van der Waals surface area contributed by atoms with Gasteiger partial charge in [-0.15, -0.1) is 10.2 Å². The highest BCUT2D eigenvalue weighted by Gasteiger charge is 2.32. The van der Waals surface area contributed by atoms with Crippen molar-refractivity contribution in [1.82, 2.24) is 10.2 Å². The quantitative estimate of drug-likeness (QED) is 0.880. The van der Waals surface area contributed by atoms with Crippen LogP contribution in [-0.4, -0.2) is 22.6 Å². The molecule has 1 saturated carbocycles. The first kappa shape index (κ1) is 16.0. The zero-order valence-corrected chi connectivity index (χ0v) is 13.5. The lowest BCUT2D eigenvalue weighted by molar-refractivity contribution is -0.120. The molecule has 3 N–H and O–H groups in total. The highest BCUT2D eigenvalue weighted by atomic mass is 32.1. The highest BCUT2D eigenvalue weighted by Crippen LogP contribution is 2.32. The summed E-state index contributed by atoms with van der Waals surface area (Å²) >= 11 is 1.28. The Balaban J connectivity index is 1.63. The Labute approximate surface area is 138 Å². The number of carbonyl (C=O) groups is 1. The lowest BCUT2D eigenvalue weighted by Crippen LogP contribution is -2.29. The molecule has 2 aromatic rings. The minimum Gasteiger partial charge on any atom is -0.330 e. The molecule has 1 fully saturated rings. The Morgan fingerprint density at radius 2 is 2.17 bits per heavy atom. The van der Waals surface area contributed by atoms with E-state index in [0.29, 0.717) is 28.7 Å². The van der Waals surface area contributed by atoms with Crippen molar-refractivity contribution < 1.29 is 9.18 Å². The van der Waals surface area contributed by atoms with E-state index in [9.17, 15) is 9.18 Å². The molecule has 1 aliphatic rings. The van der Waals surface area contributed by atoms with Gasteiger partial charge in [0.2, 0.25) is 11.0 Å². The van der Waals surface area contributed by atoms with E-state index in [1.165, 1.54) is 17.4 Å².